The van der Waals surface area contributed by atoms with E-state index in [-0.39, 0.29) is 11.9 Å². The standard InChI is InChI=1S/C15H18N2O2/c1-3-15(18)17-13-7-4-6-12(10-13)16-11(2)14-8-5-9-19-14/h4-11,16H,3H2,1-2H3,(H,17,18). The number of hydrogen-bond acceptors (Lipinski definition) is 3. The van der Waals surface area contributed by atoms with Gasteiger partial charge >= 0.3 is 0 Å². The van der Waals surface area contributed by atoms with E-state index < -0.39 is 0 Å². The predicted octanol–water partition coefficient (Wildman–Crippen LogP) is 3.80. The lowest BCUT2D eigenvalue weighted by atomic mass is 10.2. The average Bonchev–Trinajstić information content (AvgIpc) is 2.93. The summed E-state index contributed by atoms with van der Waals surface area (Å²) >= 11 is 0. The molecular weight excluding hydrogens is 240 g/mol. The highest BCUT2D eigenvalue weighted by Gasteiger charge is 2.08. The van der Waals surface area contributed by atoms with Gasteiger partial charge in [-0.1, -0.05) is 13.0 Å². The Morgan fingerprint density at radius 2 is 2.05 bits per heavy atom. The summed E-state index contributed by atoms with van der Waals surface area (Å²) in [6.45, 7) is 3.85. The highest BCUT2D eigenvalue weighted by atomic mass is 16.3. The normalized spacial score (nSPS) is 11.9. The molecule has 2 rings (SSSR count). The Labute approximate surface area is 112 Å². The Morgan fingerprint density at radius 1 is 1.26 bits per heavy atom. The van der Waals surface area contributed by atoms with Crippen molar-refractivity contribution in [1.29, 1.82) is 0 Å². The van der Waals surface area contributed by atoms with Gasteiger partial charge in [0.1, 0.15) is 5.76 Å². The maximum Gasteiger partial charge on any atom is 0.224 e. The van der Waals surface area contributed by atoms with E-state index in [9.17, 15) is 4.79 Å². The third kappa shape index (κ3) is 3.61. The van der Waals surface area contributed by atoms with Gasteiger partial charge in [0, 0.05) is 17.8 Å². The number of carbonyl (C=O) groups excluding carboxylic acids is 1. The molecule has 1 unspecified atom stereocenters. The van der Waals surface area contributed by atoms with Crippen molar-refractivity contribution >= 4 is 17.3 Å². The average molecular weight is 258 g/mol. The van der Waals surface area contributed by atoms with Crippen molar-refractivity contribution in [2.24, 2.45) is 0 Å². The van der Waals surface area contributed by atoms with Gasteiger partial charge in [0.15, 0.2) is 0 Å². The minimum Gasteiger partial charge on any atom is -0.467 e. The lowest BCUT2D eigenvalue weighted by molar-refractivity contribution is -0.115. The van der Waals surface area contributed by atoms with E-state index in [1.807, 2.05) is 50.2 Å². The Hall–Kier alpha value is -2.23. The fourth-order valence-electron chi connectivity index (χ4n) is 1.79. The molecule has 0 fully saturated rings. The second-order valence-corrected chi connectivity index (χ2v) is 4.36. The summed E-state index contributed by atoms with van der Waals surface area (Å²) in [5.74, 6) is 0.888. The molecule has 0 bridgehead atoms. The van der Waals surface area contributed by atoms with Crippen molar-refractivity contribution in [2.75, 3.05) is 10.6 Å². The Balaban J connectivity index is 2.04. The van der Waals surface area contributed by atoms with Gasteiger partial charge in [-0.3, -0.25) is 4.79 Å². The molecule has 0 radical (unpaired) electrons. The molecule has 1 atom stereocenters. The number of amides is 1. The van der Waals surface area contributed by atoms with Gasteiger partial charge in [0.2, 0.25) is 5.91 Å². The van der Waals surface area contributed by atoms with Crippen LogP contribution < -0.4 is 10.6 Å². The van der Waals surface area contributed by atoms with Gasteiger partial charge in [-0.15, -0.1) is 0 Å². The third-order valence-electron chi connectivity index (χ3n) is 2.82. The molecule has 1 heterocycles. The molecule has 0 aliphatic rings. The van der Waals surface area contributed by atoms with Crippen LogP contribution in [0.4, 0.5) is 11.4 Å². The smallest absolute Gasteiger partial charge is 0.224 e. The number of benzene rings is 1. The summed E-state index contributed by atoms with van der Waals surface area (Å²) in [4.78, 5) is 11.4. The molecular formula is C15H18N2O2. The van der Waals surface area contributed by atoms with Crippen molar-refractivity contribution in [3.05, 3.63) is 48.4 Å². The first-order valence-corrected chi connectivity index (χ1v) is 6.39. The monoisotopic (exact) mass is 258 g/mol. The van der Waals surface area contributed by atoms with Crippen molar-refractivity contribution in [3.8, 4) is 0 Å². The van der Waals surface area contributed by atoms with E-state index in [2.05, 4.69) is 10.6 Å². The van der Waals surface area contributed by atoms with Crippen LogP contribution in [0.25, 0.3) is 0 Å². The fourth-order valence-corrected chi connectivity index (χ4v) is 1.79. The van der Waals surface area contributed by atoms with Crippen LogP contribution >= 0.6 is 0 Å². The van der Waals surface area contributed by atoms with E-state index in [0.29, 0.717) is 6.42 Å². The van der Waals surface area contributed by atoms with Crippen molar-refractivity contribution < 1.29 is 9.21 Å². The fraction of sp³-hybridized carbons (Fsp3) is 0.267. The molecule has 100 valence electrons. The Bertz CT molecular complexity index is 535. The van der Waals surface area contributed by atoms with E-state index in [4.69, 9.17) is 4.42 Å². The van der Waals surface area contributed by atoms with E-state index in [1.54, 1.807) is 6.26 Å². The molecule has 1 amide bonds. The van der Waals surface area contributed by atoms with Crippen molar-refractivity contribution in [2.45, 2.75) is 26.3 Å². The summed E-state index contributed by atoms with van der Waals surface area (Å²) in [7, 11) is 0. The maximum atomic E-state index is 11.4. The maximum absolute atomic E-state index is 11.4. The topological polar surface area (TPSA) is 54.3 Å². The van der Waals surface area contributed by atoms with Gasteiger partial charge in [-0.2, -0.15) is 0 Å². The lowest BCUT2D eigenvalue weighted by Gasteiger charge is -2.14. The zero-order valence-corrected chi connectivity index (χ0v) is 11.1. The van der Waals surface area contributed by atoms with Gasteiger partial charge < -0.3 is 15.1 Å². The molecule has 19 heavy (non-hydrogen) atoms. The number of rotatable bonds is 5. The van der Waals surface area contributed by atoms with Crippen LogP contribution in [0, 0.1) is 0 Å². The number of furan rings is 1. The summed E-state index contributed by atoms with van der Waals surface area (Å²) < 4.78 is 5.35. The minimum atomic E-state index is 0.0104. The zero-order chi connectivity index (χ0) is 13.7. The number of hydrogen-bond donors (Lipinski definition) is 2. The molecule has 2 aromatic rings. The highest BCUT2D eigenvalue weighted by Crippen LogP contribution is 2.22. The van der Waals surface area contributed by atoms with Crippen molar-refractivity contribution in [1.82, 2.24) is 0 Å². The highest BCUT2D eigenvalue weighted by molar-refractivity contribution is 5.90. The van der Waals surface area contributed by atoms with Crippen LogP contribution in [-0.4, -0.2) is 5.91 Å². The van der Waals surface area contributed by atoms with Crippen LogP contribution in [0.2, 0.25) is 0 Å². The van der Waals surface area contributed by atoms with E-state index >= 15 is 0 Å². The first-order valence-electron chi connectivity index (χ1n) is 6.39. The molecule has 0 spiro atoms. The molecule has 0 saturated carbocycles. The number of anilines is 2. The Kier molecular flexibility index (Phi) is 4.23. The number of nitrogens with one attached hydrogen (secondary N) is 2. The molecule has 0 saturated heterocycles. The molecule has 4 heteroatoms. The molecule has 0 aliphatic carbocycles. The predicted molar refractivity (Wildman–Crippen MR) is 76.1 cm³/mol. The first-order chi connectivity index (χ1) is 9.19. The summed E-state index contributed by atoms with van der Waals surface area (Å²) in [5, 5.41) is 6.17. The number of carbonyl (C=O) groups is 1. The second kappa shape index (κ2) is 6.09. The quantitative estimate of drug-likeness (QED) is 0.857. The minimum absolute atomic E-state index is 0.0104. The SMILES string of the molecule is CCC(=O)Nc1cccc(NC(C)c2ccco2)c1. The molecule has 1 aromatic heterocycles. The van der Waals surface area contributed by atoms with E-state index in [1.165, 1.54) is 0 Å². The second-order valence-electron chi connectivity index (χ2n) is 4.36. The molecule has 4 nitrogen and oxygen atoms in total. The van der Waals surface area contributed by atoms with Crippen LogP contribution in [0.15, 0.2) is 47.1 Å². The first kappa shape index (κ1) is 13.2. The van der Waals surface area contributed by atoms with Crippen molar-refractivity contribution in [3.63, 3.8) is 0 Å². The molecule has 0 aliphatic heterocycles. The van der Waals surface area contributed by atoms with Crippen LogP contribution in [0.5, 0.6) is 0 Å². The van der Waals surface area contributed by atoms with Gasteiger partial charge in [0.25, 0.3) is 0 Å². The van der Waals surface area contributed by atoms with E-state index in [0.717, 1.165) is 17.1 Å². The van der Waals surface area contributed by atoms with Crippen LogP contribution in [-0.2, 0) is 4.79 Å². The third-order valence-corrected chi connectivity index (χ3v) is 2.82. The van der Waals surface area contributed by atoms with Crippen LogP contribution in [0.3, 0.4) is 0 Å². The summed E-state index contributed by atoms with van der Waals surface area (Å²) in [5.41, 5.74) is 1.74. The largest absolute Gasteiger partial charge is 0.467 e. The summed E-state index contributed by atoms with van der Waals surface area (Å²) in [6.07, 6.45) is 2.13. The van der Waals surface area contributed by atoms with Gasteiger partial charge in [-0.25, -0.2) is 0 Å². The lowest BCUT2D eigenvalue weighted by Crippen LogP contribution is -2.10. The molecule has 2 N–H and O–H groups in total. The molecule has 1 aromatic carbocycles. The zero-order valence-electron chi connectivity index (χ0n) is 11.1. The van der Waals surface area contributed by atoms with Crippen LogP contribution in [0.1, 0.15) is 32.1 Å². The van der Waals surface area contributed by atoms with Gasteiger partial charge in [-0.05, 0) is 37.3 Å². The van der Waals surface area contributed by atoms with Gasteiger partial charge in [0.05, 0.1) is 12.3 Å². The Morgan fingerprint density at radius 3 is 2.74 bits per heavy atom. The summed E-state index contributed by atoms with van der Waals surface area (Å²) in [6, 6.07) is 11.5.